The molecule has 2 N–H and O–H groups in total. The van der Waals surface area contributed by atoms with Crippen LogP contribution in [0.15, 0.2) is 0 Å². The normalized spacial score (nSPS) is 8.40. The van der Waals surface area contributed by atoms with E-state index in [-0.39, 0.29) is 0 Å². The highest BCUT2D eigenvalue weighted by atomic mass is 16.5. The van der Waals surface area contributed by atoms with E-state index in [1.165, 1.54) is 0 Å². The van der Waals surface area contributed by atoms with E-state index in [1.54, 1.807) is 0 Å². The van der Waals surface area contributed by atoms with Gasteiger partial charge in [-0.3, -0.25) is 5.21 Å². The molecular formula is C2H7N2O. The van der Waals surface area contributed by atoms with Gasteiger partial charge in [-0.1, -0.05) is 6.92 Å². The van der Waals surface area contributed by atoms with Crippen molar-refractivity contribution in [2.45, 2.75) is 6.92 Å². The maximum absolute atomic E-state index is 7.58. The molecule has 5 heavy (non-hydrogen) atoms. The molecule has 0 atom stereocenters. The van der Waals surface area contributed by atoms with Crippen LogP contribution >= 0.6 is 0 Å². The Hall–Kier alpha value is -0.120. The third-order valence-electron chi connectivity index (χ3n) is 0.229. The van der Waals surface area contributed by atoms with Crippen molar-refractivity contribution in [2.24, 2.45) is 0 Å². The van der Waals surface area contributed by atoms with Gasteiger partial charge in [0.05, 0.1) is 0 Å². The molecule has 31 valence electrons. The molecule has 0 saturated carbocycles. The van der Waals surface area contributed by atoms with Crippen molar-refractivity contribution in [2.75, 3.05) is 6.54 Å². The predicted molar refractivity (Wildman–Crippen MR) is 17.6 cm³/mol. The van der Waals surface area contributed by atoms with Gasteiger partial charge in [-0.2, -0.15) is 0 Å². The van der Waals surface area contributed by atoms with Gasteiger partial charge in [-0.25, -0.2) is 5.43 Å². The molecule has 0 aliphatic heterocycles. The fourth-order valence-electron chi connectivity index (χ4n) is 0.0707. The lowest BCUT2D eigenvalue weighted by Gasteiger charge is -1.84. The van der Waals surface area contributed by atoms with Crippen LogP contribution in [0.2, 0.25) is 0 Å². The standard InChI is InChI=1S/C2H7N2O/c1-2-3-4-5/h3,5H,2H2,1H3. The van der Waals surface area contributed by atoms with E-state index in [1.807, 2.05) is 6.92 Å². The lowest BCUT2D eigenvalue weighted by molar-refractivity contribution is 0.111. The van der Waals surface area contributed by atoms with E-state index >= 15 is 0 Å². The minimum absolute atomic E-state index is 0.677. The molecule has 0 aromatic heterocycles. The summed E-state index contributed by atoms with van der Waals surface area (Å²) < 4.78 is 0. The summed E-state index contributed by atoms with van der Waals surface area (Å²) >= 11 is 0. The Bertz CT molecular complexity index is 15.1. The third kappa shape index (κ3) is 3.88. The fraction of sp³-hybridized carbons (Fsp3) is 1.00. The van der Waals surface area contributed by atoms with E-state index < -0.39 is 0 Å². The smallest absolute Gasteiger partial charge is 0.0111 e. The fourth-order valence-corrected chi connectivity index (χ4v) is 0.0707. The SMILES string of the molecule is CCN[N]O. The van der Waals surface area contributed by atoms with Gasteiger partial charge in [-0.15, -0.1) is 0 Å². The van der Waals surface area contributed by atoms with Crippen molar-refractivity contribution in [1.29, 1.82) is 0 Å². The van der Waals surface area contributed by atoms with Crippen molar-refractivity contribution in [3.8, 4) is 0 Å². The zero-order valence-corrected chi connectivity index (χ0v) is 3.10. The molecule has 0 heterocycles. The Balaban J connectivity index is 2.19. The molecule has 0 amide bonds. The number of nitrogens with zero attached hydrogens (tertiary/aromatic N) is 1. The van der Waals surface area contributed by atoms with Crippen molar-refractivity contribution < 1.29 is 5.21 Å². The van der Waals surface area contributed by atoms with Gasteiger partial charge < -0.3 is 0 Å². The van der Waals surface area contributed by atoms with E-state index in [0.29, 0.717) is 6.54 Å². The van der Waals surface area contributed by atoms with Crippen molar-refractivity contribution in [1.82, 2.24) is 11.0 Å². The number of hydrogen-bond donors (Lipinski definition) is 2. The molecule has 1 radical (unpaired) electrons. The molecule has 0 aromatic rings. The topological polar surface area (TPSA) is 46.4 Å². The largest absolute Gasteiger partial charge is 0.282 e. The maximum Gasteiger partial charge on any atom is 0.0111 e. The molecule has 0 aromatic carbocycles. The van der Waals surface area contributed by atoms with Crippen LogP contribution in [0.5, 0.6) is 0 Å². The minimum atomic E-state index is 0.677. The third-order valence-corrected chi connectivity index (χ3v) is 0.229. The highest BCUT2D eigenvalue weighted by Gasteiger charge is 1.64. The summed E-state index contributed by atoms with van der Waals surface area (Å²) in [6.45, 7) is 2.52. The average molecular weight is 75.1 g/mol. The lowest BCUT2D eigenvalue weighted by atomic mass is 10.8. The molecule has 0 rings (SSSR count). The monoisotopic (exact) mass is 75.1 g/mol. The second kappa shape index (κ2) is 3.88. The zero-order chi connectivity index (χ0) is 4.12. The van der Waals surface area contributed by atoms with Crippen LogP contribution in [0.1, 0.15) is 6.92 Å². The Labute approximate surface area is 30.9 Å². The first-order valence-electron chi connectivity index (χ1n) is 1.48. The highest BCUT2D eigenvalue weighted by Crippen LogP contribution is 1.38. The summed E-state index contributed by atoms with van der Waals surface area (Å²) in [5.41, 5.74) is 4.90. The quantitative estimate of drug-likeness (QED) is 0.435. The molecule has 0 aliphatic rings. The van der Waals surface area contributed by atoms with Gasteiger partial charge in [0.25, 0.3) is 0 Å². The van der Waals surface area contributed by atoms with E-state index in [9.17, 15) is 0 Å². The second-order valence-electron chi connectivity index (χ2n) is 0.612. The first-order chi connectivity index (χ1) is 2.41. The van der Waals surface area contributed by atoms with E-state index in [4.69, 9.17) is 5.21 Å². The van der Waals surface area contributed by atoms with Gasteiger partial charge in [0.2, 0.25) is 0 Å². The average Bonchev–Trinajstić information content (AvgIpc) is 1.41. The first kappa shape index (κ1) is 4.88. The Morgan fingerprint density at radius 1 is 2.00 bits per heavy atom. The maximum atomic E-state index is 7.58. The Kier molecular flexibility index (Phi) is 3.79. The molecule has 0 unspecified atom stereocenters. The van der Waals surface area contributed by atoms with Crippen LogP contribution < -0.4 is 11.0 Å². The molecule has 3 nitrogen and oxygen atoms in total. The molecule has 0 fully saturated rings. The summed E-state index contributed by atoms with van der Waals surface area (Å²) in [7, 11) is 0. The van der Waals surface area contributed by atoms with Gasteiger partial charge >= 0.3 is 0 Å². The predicted octanol–water partition coefficient (Wildman–Crippen LogP) is -0.495. The molecule has 0 bridgehead atoms. The van der Waals surface area contributed by atoms with Gasteiger partial charge in [0.1, 0.15) is 0 Å². The van der Waals surface area contributed by atoms with Crippen LogP contribution in [-0.2, 0) is 0 Å². The summed E-state index contributed by atoms with van der Waals surface area (Å²) in [5.74, 6) is 0. The van der Waals surface area contributed by atoms with E-state index in [2.05, 4.69) is 11.0 Å². The second-order valence-corrected chi connectivity index (χ2v) is 0.612. The van der Waals surface area contributed by atoms with Crippen LogP contribution in [0.4, 0.5) is 0 Å². The molecule has 0 saturated heterocycles. The van der Waals surface area contributed by atoms with Gasteiger partial charge in [0, 0.05) is 6.54 Å². The lowest BCUT2D eigenvalue weighted by Crippen LogP contribution is -2.19. The van der Waals surface area contributed by atoms with Crippen molar-refractivity contribution in [3.63, 3.8) is 0 Å². The Morgan fingerprint density at radius 3 is 2.60 bits per heavy atom. The van der Waals surface area contributed by atoms with Crippen LogP contribution in [0, 0.1) is 0 Å². The van der Waals surface area contributed by atoms with Crippen LogP contribution in [0.25, 0.3) is 0 Å². The number of rotatable bonds is 2. The zero-order valence-electron chi connectivity index (χ0n) is 3.10. The number of hydrogen-bond acceptors (Lipinski definition) is 2. The van der Waals surface area contributed by atoms with Crippen LogP contribution in [-0.4, -0.2) is 11.8 Å². The first-order valence-corrected chi connectivity index (χ1v) is 1.48. The van der Waals surface area contributed by atoms with Gasteiger partial charge in [0.15, 0.2) is 0 Å². The van der Waals surface area contributed by atoms with E-state index in [0.717, 1.165) is 0 Å². The summed E-state index contributed by atoms with van der Waals surface area (Å²) in [4.78, 5) is 0. The Morgan fingerprint density at radius 2 is 2.60 bits per heavy atom. The van der Waals surface area contributed by atoms with Crippen molar-refractivity contribution in [3.05, 3.63) is 0 Å². The van der Waals surface area contributed by atoms with Gasteiger partial charge in [-0.05, 0) is 5.59 Å². The molecule has 0 spiro atoms. The minimum Gasteiger partial charge on any atom is -0.282 e. The molecule has 0 aliphatic carbocycles. The highest BCUT2D eigenvalue weighted by molar-refractivity contribution is 4.12. The summed E-state index contributed by atoms with van der Waals surface area (Å²) in [5, 5.41) is 7.58. The molecular weight excluding hydrogens is 68.0 g/mol. The summed E-state index contributed by atoms with van der Waals surface area (Å²) in [6, 6.07) is 0. The molecule has 3 heteroatoms. The summed E-state index contributed by atoms with van der Waals surface area (Å²) in [6.07, 6.45) is 0. The van der Waals surface area contributed by atoms with Crippen LogP contribution in [0.3, 0.4) is 0 Å². The number of nitrogens with one attached hydrogen (secondary N) is 1. The van der Waals surface area contributed by atoms with Crippen molar-refractivity contribution >= 4 is 0 Å².